The van der Waals surface area contributed by atoms with E-state index in [1.165, 1.54) is 22.4 Å². The van der Waals surface area contributed by atoms with Gasteiger partial charge in [0, 0.05) is 5.56 Å². The molecule has 7 rings (SSSR count). The number of nitrogens with zero attached hydrogens (tertiary/aromatic N) is 1. The molecular formula is C36H20F5NS. The SMILES string of the molecule is Cc1ccc2nc(-c3ccc(-c4ccc5cc(-c6ccc(-c7c(F)c(F)c(F)c(F)c7F)cc6)ccc5c4)cc3)sc2c1. The summed E-state index contributed by atoms with van der Waals surface area (Å²) in [6.45, 7) is 2.08. The molecule has 6 aromatic carbocycles. The summed E-state index contributed by atoms with van der Waals surface area (Å²) >= 11 is 1.68. The molecule has 0 aliphatic heterocycles. The van der Waals surface area contributed by atoms with E-state index in [-0.39, 0.29) is 5.56 Å². The van der Waals surface area contributed by atoms with Crippen LogP contribution in [0.2, 0.25) is 0 Å². The van der Waals surface area contributed by atoms with Crippen molar-refractivity contribution < 1.29 is 22.0 Å². The number of aryl methyl sites for hydroxylation is 1. The minimum Gasteiger partial charge on any atom is -0.236 e. The highest BCUT2D eigenvalue weighted by Gasteiger charge is 2.26. The van der Waals surface area contributed by atoms with Crippen LogP contribution < -0.4 is 0 Å². The number of fused-ring (bicyclic) bond motifs is 2. The number of rotatable bonds is 4. The van der Waals surface area contributed by atoms with Gasteiger partial charge in [0.05, 0.1) is 15.8 Å². The smallest absolute Gasteiger partial charge is 0.200 e. The molecule has 0 radical (unpaired) electrons. The fourth-order valence-electron chi connectivity index (χ4n) is 5.25. The highest BCUT2D eigenvalue weighted by molar-refractivity contribution is 7.21. The molecule has 0 saturated carbocycles. The van der Waals surface area contributed by atoms with E-state index in [0.29, 0.717) is 0 Å². The molecular weight excluding hydrogens is 573 g/mol. The van der Waals surface area contributed by atoms with Crippen molar-refractivity contribution in [2.24, 2.45) is 0 Å². The van der Waals surface area contributed by atoms with Gasteiger partial charge in [0.25, 0.3) is 0 Å². The van der Waals surface area contributed by atoms with Crippen LogP contribution in [0.3, 0.4) is 0 Å². The molecule has 0 spiro atoms. The summed E-state index contributed by atoms with van der Waals surface area (Å²) in [5.41, 5.74) is 5.96. The zero-order valence-electron chi connectivity index (χ0n) is 22.6. The van der Waals surface area contributed by atoms with Crippen molar-refractivity contribution in [2.75, 3.05) is 0 Å². The standard InChI is InChI=1S/C36H20F5NS/c1-19-2-15-28-29(16-19)43-36(42-28)23-9-5-21(6-10-23)25-12-14-26-17-24(11-13-27(26)18-25)20-3-7-22(8-4-20)30-31(37)33(39)35(41)34(40)32(30)38/h2-18H,1H3. The molecule has 0 amide bonds. The molecule has 0 bridgehead atoms. The third kappa shape index (κ3) is 4.76. The van der Waals surface area contributed by atoms with Gasteiger partial charge in [-0.15, -0.1) is 11.3 Å². The molecule has 0 saturated heterocycles. The Bertz CT molecular complexity index is 2160. The van der Waals surface area contributed by atoms with Crippen LogP contribution in [-0.4, -0.2) is 4.98 Å². The van der Waals surface area contributed by atoms with Crippen LogP contribution in [0.4, 0.5) is 22.0 Å². The van der Waals surface area contributed by atoms with Gasteiger partial charge in [-0.1, -0.05) is 78.9 Å². The van der Waals surface area contributed by atoms with Crippen molar-refractivity contribution >= 4 is 32.3 Å². The maximum absolute atomic E-state index is 14.3. The fourth-order valence-corrected chi connectivity index (χ4v) is 6.32. The van der Waals surface area contributed by atoms with E-state index >= 15 is 0 Å². The molecule has 43 heavy (non-hydrogen) atoms. The Morgan fingerprint density at radius 3 is 1.49 bits per heavy atom. The minimum absolute atomic E-state index is 0.105. The first-order valence-corrected chi connectivity index (χ1v) is 14.2. The molecule has 1 heterocycles. The molecule has 1 nitrogen and oxygen atoms in total. The Hall–Kier alpha value is -4.88. The van der Waals surface area contributed by atoms with Crippen molar-refractivity contribution in [3.05, 3.63) is 138 Å². The predicted molar refractivity (Wildman–Crippen MR) is 163 cm³/mol. The van der Waals surface area contributed by atoms with Crippen LogP contribution in [-0.2, 0) is 0 Å². The molecule has 7 aromatic rings. The maximum atomic E-state index is 14.3. The average Bonchev–Trinajstić information content (AvgIpc) is 3.46. The average molecular weight is 594 g/mol. The molecule has 210 valence electrons. The van der Waals surface area contributed by atoms with Crippen molar-refractivity contribution in [3.8, 4) is 44.0 Å². The van der Waals surface area contributed by atoms with Crippen LogP contribution >= 0.6 is 11.3 Å². The van der Waals surface area contributed by atoms with Crippen LogP contribution in [0.15, 0.2) is 103 Å². The Morgan fingerprint density at radius 1 is 0.465 bits per heavy atom. The zero-order chi connectivity index (χ0) is 29.8. The molecule has 0 aliphatic rings. The van der Waals surface area contributed by atoms with Crippen LogP contribution in [0, 0.1) is 36.0 Å². The number of thiazole rings is 1. The lowest BCUT2D eigenvalue weighted by molar-refractivity contribution is 0.381. The first kappa shape index (κ1) is 27.0. The van der Waals surface area contributed by atoms with Crippen molar-refractivity contribution in [1.29, 1.82) is 0 Å². The number of aromatic nitrogens is 1. The molecule has 0 unspecified atom stereocenters. The van der Waals surface area contributed by atoms with Gasteiger partial charge in [-0.25, -0.2) is 26.9 Å². The van der Waals surface area contributed by atoms with Gasteiger partial charge in [0.15, 0.2) is 23.3 Å². The Labute approximate surface area is 247 Å². The Balaban J connectivity index is 1.15. The second kappa shape index (κ2) is 10.4. The molecule has 0 N–H and O–H groups in total. The van der Waals surface area contributed by atoms with E-state index in [2.05, 4.69) is 55.5 Å². The molecule has 0 aliphatic carbocycles. The third-order valence-electron chi connectivity index (χ3n) is 7.57. The number of benzene rings is 6. The summed E-state index contributed by atoms with van der Waals surface area (Å²) in [6, 6.07) is 32.6. The molecule has 0 fully saturated rings. The summed E-state index contributed by atoms with van der Waals surface area (Å²) in [5, 5.41) is 3.01. The second-order valence-corrected chi connectivity index (χ2v) is 11.4. The maximum Gasteiger partial charge on any atom is 0.200 e. The lowest BCUT2D eigenvalue weighted by atomic mass is 9.96. The van der Waals surface area contributed by atoms with Gasteiger partial charge in [-0.05, 0) is 75.3 Å². The third-order valence-corrected chi connectivity index (χ3v) is 8.63. The van der Waals surface area contributed by atoms with Gasteiger partial charge >= 0.3 is 0 Å². The quantitative estimate of drug-likeness (QED) is 0.112. The zero-order valence-corrected chi connectivity index (χ0v) is 23.4. The van der Waals surface area contributed by atoms with Gasteiger partial charge in [-0.2, -0.15) is 0 Å². The monoisotopic (exact) mass is 593 g/mol. The molecule has 7 heteroatoms. The first-order chi connectivity index (χ1) is 20.8. The first-order valence-electron chi connectivity index (χ1n) is 13.4. The fraction of sp³-hybridized carbons (Fsp3) is 0.0278. The van der Waals surface area contributed by atoms with E-state index in [9.17, 15) is 22.0 Å². The normalized spacial score (nSPS) is 11.5. The lowest BCUT2D eigenvalue weighted by Crippen LogP contribution is -2.03. The summed E-state index contributed by atoms with van der Waals surface area (Å²) in [7, 11) is 0. The van der Waals surface area contributed by atoms with Crippen molar-refractivity contribution in [2.45, 2.75) is 6.92 Å². The molecule has 0 atom stereocenters. The van der Waals surface area contributed by atoms with Crippen LogP contribution in [0.1, 0.15) is 5.56 Å². The lowest BCUT2D eigenvalue weighted by Gasteiger charge is -2.10. The topological polar surface area (TPSA) is 12.9 Å². The van der Waals surface area contributed by atoms with Gasteiger partial charge in [-0.3, -0.25) is 0 Å². The summed E-state index contributed by atoms with van der Waals surface area (Å²) in [5.74, 6) is -9.82. The van der Waals surface area contributed by atoms with E-state index in [1.807, 2.05) is 30.3 Å². The van der Waals surface area contributed by atoms with E-state index in [4.69, 9.17) is 4.98 Å². The Morgan fingerprint density at radius 2 is 0.930 bits per heavy atom. The number of hydrogen-bond acceptors (Lipinski definition) is 2. The van der Waals surface area contributed by atoms with E-state index in [1.54, 1.807) is 23.5 Å². The molecule has 1 aromatic heterocycles. The largest absolute Gasteiger partial charge is 0.236 e. The summed E-state index contributed by atoms with van der Waals surface area (Å²) in [6.07, 6.45) is 0. The Kier molecular flexibility index (Phi) is 6.55. The highest BCUT2D eigenvalue weighted by Crippen LogP contribution is 2.35. The van der Waals surface area contributed by atoms with Crippen LogP contribution in [0.5, 0.6) is 0 Å². The number of hydrogen-bond donors (Lipinski definition) is 0. The summed E-state index contributed by atoms with van der Waals surface area (Å²) < 4.78 is 70.5. The summed E-state index contributed by atoms with van der Waals surface area (Å²) in [4.78, 5) is 4.78. The van der Waals surface area contributed by atoms with E-state index in [0.717, 1.165) is 49.1 Å². The van der Waals surface area contributed by atoms with E-state index < -0.39 is 34.6 Å². The predicted octanol–water partition coefficient (Wildman–Crippen LogP) is 11.1. The van der Waals surface area contributed by atoms with Crippen molar-refractivity contribution in [1.82, 2.24) is 4.98 Å². The van der Waals surface area contributed by atoms with Crippen LogP contribution in [0.25, 0.3) is 64.9 Å². The van der Waals surface area contributed by atoms with Gasteiger partial charge in [0.1, 0.15) is 5.01 Å². The van der Waals surface area contributed by atoms with Gasteiger partial charge < -0.3 is 0 Å². The minimum atomic E-state index is -2.17. The highest BCUT2D eigenvalue weighted by atomic mass is 32.1. The van der Waals surface area contributed by atoms with Gasteiger partial charge in [0.2, 0.25) is 5.82 Å². The second-order valence-electron chi connectivity index (χ2n) is 10.4. The number of halogens is 5. The van der Waals surface area contributed by atoms with Crippen molar-refractivity contribution in [3.63, 3.8) is 0 Å².